The summed E-state index contributed by atoms with van der Waals surface area (Å²) in [6, 6.07) is -1.86. The van der Waals surface area contributed by atoms with Crippen LogP contribution >= 0.6 is 0 Å². The summed E-state index contributed by atoms with van der Waals surface area (Å²) in [4.78, 5) is 60.3. The minimum Gasteiger partial charge on any atom is -0.477 e. The Balaban J connectivity index is 3.87. The van der Waals surface area contributed by atoms with Crippen LogP contribution in [0.5, 0.6) is 0 Å². The molecule has 1 amide bonds. The van der Waals surface area contributed by atoms with Crippen LogP contribution in [0.3, 0.4) is 0 Å². The van der Waals surface area contributed by atoms with Gasteiger partial charge in [0.1, 0.15) is 18.8 Å². The number of nitrogens with zero attached hydrogens (tertiary/aromatic N) is 1. The van der Waals surface area contributed by atoms with Crippen LogP contribution in [0, 0.1) is 0 Å². The van der Waals surface area contributed by atoms with Crippen LogP contribution in [0.1, 0.15) is 27.7 Å². The second-order valence-corrected chi connectivity index (χ2v) is 9.27. The van der Waals surface area contributed by atoms with Crippen molar-refractivity contribution in [3.05, 3.63) is 11.8 Å². The highest BCUT2D eigenvalue weighted by Crippen LogP contribution is 2.34. The lowest BCUT2D eigenvalue weighted by atomic mass is 9.92. The van der Waals surface area contributed by atoms with Gasteiger partial charge in [0, 0.05) is 34.7 Å². The summed E-state index contributed by atoms with van der Waals surface area (Å²) in [5, 5.41) is 0. The Morgan fingerprint density at radius 2 is 1.58 bits per heavy atom. The van der Waals surface area contributed by atoms with E-state index in [2.05, 4.69) is 8.92 Å². The lowest BCUT2D eigenvalue weighted by Gasteiger charge is -2.44. The van der Waals surface area contributed by atoms with Gasteiger partial charge in [-0.05, 0) is 6.08 Å². The standard InChI is InChI=1S/C20H26F3NO13S/c1-9(25)24(5)16-13(37-38(30,31)20(21,22)23)7-14(19(29)32-6)36-18(16)17(35-12(4)28)15(34-11(3)27)8-33-10(2)26/h7,13,15-18H,8H2,1-6H3/t13-,15-,16-,17-,18-/m1/s1. The molecule has 0 bridgehead atoms. The summed E-state index contributed by atoms with van der Waals surface area (Å²) in [6.07, 6.45) is -7.32. The van der Waals surface area contributed by atoms with Gasteiger partial charge in [0.25, 0.3) is 0 Å². The molecule has 216 valence electrons. The fourth-order valence-electron chi connectivity index (χ4n) is 3.26. The Labute approximate surface area is 215 Å². The number of alkyl halides is 3. The number of carbonyl (C=O) groups is 5. The van der Waals surface area contributed by atoms with Gasteiger partial charge >= 0.3 is 39.5 Å². The van der Waals surface area contributed by atoms with E-state index in [4.69, 9.17) is 18.9 Å². The van der Waals surface area contributed by atoms with Crippen molar-refractivity contribution in [3.8, 4) is 0 Å². The van der Waals surface area contributed by atoms with Crippen molar-refractivity contribution in [2.75, 3.05) is 20.8 Å². The zero-order valence-electron chi connectivity index (χ0n) is 21.0. The Kier molecular flexibility index (Phi) is 11.1. The third kappa shape index (κ3) is 8.57. The molecule has 14 nitrogen and oxygen atoms in total. The summed E-state index contributed by atoms with van der Waals surface area (Å²) < 4.78 is 92.6. The number of amides is 1. The number of ether oxygens (including phenoxy) is 5. The lowest BCUT2D eigenvalue weighted by Crippen LogP contribution is -2.62. The SMILES string of the molecule is COC(=O)C1=C[C@@H](OS(=O)(=O)C(F)(F)F)[C@@H](N(C)C(C)=O)[C@H]([C@H](OC(C)=O)[C@@H](COC(C)=O)OC(C)=O)O1. The second-order valence-electron chi connectivity index (χ2n) is 7.71. The summed E-state index contributed by atoms with van der Waals surface area (Å²) in [5.74, 6) is -6.01. The third-order valence-corrected chi connectivity index (χ3v) is 5.91. The Hall–Kier alpha value is -3.41. The van der Waals surface area contributed by atoms with Gasteiger partial charge in [0.05, 0.1) is 7.11 Å². The lowest BCUT2D eigenvalue weighted by molar-refractivity contribution is -0.194. The predicted molar refractivity (Wildman–Crippen MR) is 115 cm³/mol. The Morgan fingerprint density at radius 1 is 1.03 bits per heavy atom. The molecule has 0 aromatic heterocycles. The highest BCUT2D eigenvalue weighted by Gasteiger charge is 2.55. The maximum atomic E-state index is 13.2. The highest BCUT2D eigenvalue weighted by molar-refractivity contribution is 7.87. The molecule has 0 spiro atoms. The van der Waals surface area contributed by atoms with Crippen LogP contribution in [0.2, 0.25) is 0 Å². The van der Waals surface area contributed by atoms with Crippen molar-refractivity contribution in [1.82, 2.24) is 4.90 Å². The summed E-state index contributed by atoms with van der Waals surface area (Å²) in [5.41, 5.74) is -5.91. The summed E-state index contributed by atoms with van der Waals surface area (Å²) >= 11 is 0. The van der Waals surface area contributed by atoms with E-state index in [9.17, 15) is 45.6 Å². The minimum absolute atomic E-state index is 0.521. The third-order valence-electron chi connectivity index (χ3n) is 4.86. The van der Waals surface area contributed by atoms with Crippen LogP contribution in [-0.4, -0.2) is 99.8 Å². The molecule has 1 aliphatic heterocycles. The van der Waals surface area contributed by atoms with E-state index in [0.29, 0.717) is 11.0 Å². The average Bonchev–Trinajstić information content (AvgIpc) is 2.77. The predicted octanol–water partition coefficient (Wildman–Crippen LogP) is -0.0497. The monoisotopic (exact) mass is 577 g/mol. The van der Waals surface area contributed by atoms with Crippen molar-refractivity contribution in [3.63, 3.8) is 0 Å². The summed E-state index contributed by atoms with van der Waals surface area (Å²) in [6.45, 7) is 2.96. The van der Waals surface area contributed by atoms with Crippen molar-refractivity contribution in [2.24, 2.45) is 0 Å². The number of methoxy groups -OCH3 is 1. The average molecular weight is 577 g/mol. The van der Waals surface area contributed by atoms with Gasteiger partial charge < -0.3 is 28.6 Å². The van der Waals surface area contributed by atoms with Crippen molar-refractivity contribution >= 4 is 39.9 Å². The first kappa shape index (κ1) is 32.6. The molecule has 0 saturated heterocycles. The maximum absolute atomic E-state index is 13.2. The number of hydrogen-bond donors (Lipinski definition) is 0. The largest absolute Gasteiger partial charge is 0.523 e. The first-order chi connectivity index (χ1) is 17.3. The topological polar surface area (TPSA) is 178 Å². The first-order valence-corrected chi connectivity index (χ1v) is 11.9. The molecule has 1 heterocycles. The molecular formula is C20H26F3NO13S. The van der Waals surface area contributed by atoms with Gasteiger partial charge in [0.2, 0.25) is 11.7 Å². The normalized spacial score (nSPS) is 21.1. The van der Waals surface area contributed by atoms with E-state index in [1.807, 2.05) is 0 Å². The number of rotatable bonds is 10. The number of halogens is 3. The fraction of sp³-hybridized carbons (Fsp3) is 0.650. The van der Waals surface area contributed by atoms with Crippen LogP contribution in [0.4, 0.5) is 13.2 Å². The van der Waals surface area contributed by atoms with E-state index >= 15 is 0 Å². The van der Waals surface area contributed by atoms with Gasteiger partial charge in [-0.1, -0.05) is 0 Å². The molecule has 18 heteroatoms. The van der Waals surface area contributed by atoms with E-state index < -0.39 is 88.2 Å². The molecule has 1 rings (SSSR count). The van der Waals surface area contributed by atoms with Gasteiger partial charge in [-0.15, -0.1) is 0 Å². The van der Waals surface area contributed by atoms with Crippen molar-refractivity contribution < 1.29 is 73.4 Å². The van der Waals surface area contributed by atoms with Crippen LogP contribution in [-0.2, 0) is 62.0 Å². The molecule has 0 fully saturated rings. The number of likely N-dealkylation sites (N-methyl/N-ethyl adjacent to an activating group) is 1. The van der Waals surface area contributed by atoms with Crippen LogP contribution in [0.25, 0.3) is 0 Å². The van der Waals surface area contributed by atoms with Crippen molar-refractivity contribution in [2.45, 2.75) is 63.7 Å². The van der Waals surface area contributed by atoms with Gasteiger partial charge in [-0.2, -0.15) is 21.6 Å². The molecule has 0 aromatic carbocycles. The minimum atomic E-state index is -6.33. The Morgan fingerprint density at radius 3 is 2.00 bits per heavy atom. The fourth-order valence-corrected chi connectivity index (χ4v) is 3.83. The number of hydrogen-bond acceptors (Lipinski definition) is 13. The molecule has 0 saturated carbocycles. The van der Waals surface area contributed by atoms with E-state index in [1.54, 1.807) is 0 Å². The van der Waals surface area contributed by atoms with Gasteiger partial charge in [-0.25, -0.2) is 4.79 Å². The van der Waals surface area contributed by atoms with E-state index in [1.165, 1.54) is 0 Å². The Bertz CT molecular complexity index is 1070. The molecule has 0 N–H and O–H groups in total. The van der Waals surface area contributed by atoms with Crippen LogP contribution in [0.15, 0.2) is 11.8 Å². The highest BCUT2D eigenvalue weighted by atomic mass is 32.2. The zero-order chi connectivity index (χ0) is 29.6. The summed E-state index contributed by atoms with van der Waals surface area (Å²) in [7, 11) is -4.44. The van der Waals surface area contributed by atoms with Gasteiger partial charge in [0.15, 0.2) is 18.3 Å². The molecule has 0 aromatic rings. The molecule has 0 aliphatic carbocycles. The maximum Gasteiger partial charge on any atom is 0.523 e. The van der Waals surface area contributed by atoms with Crippen LogP contribution < -0.4 is 0 Å². The molecule has 38 heavy (non-hydrogen) atoms. The molecular weight excluding hydrogens is 551 g/mol. The second kappa shape index (κ2) is 12.9. The first-order valence-electron chi connectivity index (χ1n) is 10.5. The number of carbonyl (C=O) groups excluding carboxylic acids is 5. The van der Waals surface area contributed by atoms with Crippen molar-refractivity contribution in [1.29, 1.82) is 0 Å². The smallest absolute Gasteiger partial charge is 0.477 e. The van der Waals surface area contributed by atoms with E-state index in [0.717, 1.165) is 41.9 Å². The molecule has 1 aliphatic rings. The van der Waals surface area contributed by atoms with Gasteiger partial charge in [-0.3, -0.25) is 23.4 Å². The zero-order valence-corrected chi connectivity index (χ0v) is 21.8. The molecule has 0 radical (unpaired) electrons. The quantitative estimate of drug-likeness (QED) is 0.146. The molecule has 0 unspecified atom stereocenters. The molecule has 5 atom stereocenters. The van der Waals surface area contributed by atoms with E-state index in [-0.39, 0.29) is 0 Å². The number of esters is 4.